The third-order valence-electron chi connectivity index (χ3n) is 3.88. The Hall–Kier alpha value is -2.62. The van der Waals surface area contributed by atoms with Crippen LogP contribution in [0.3, 0.4) is 0 Å². The first-order valence-corrected chi connectivity index (χ1v) is 10.5. The van der Waals surface area contributed by atoms with Crippen LogP contribution in [0.2, 0.25) is 0 Å². The van der Waals surface area contributed by atoms with E-state index in [1.54, 1.807) is 0 Å². The van der Waals surface area contributed by atoms with E-state index in [-0.39, 0.29) is 5.91 Å². The second kappa shape index (κ2) is 20.1. The molecule has 0 unspecified atom stereocenters. The maximum absolute atomic E-state index is 11.5. The molecule has 0 spiro atoms. The van der Waals surface area contributed by atoms with Crippen LogP contribution < -0.4 is 5.32 Å². The SMILES string of the molecule is CC/C=C\C/C=C\C/C=C\C/C=C\C/C=C\C/C=C\CCC(=O)N[C@@H](C)C(=O)O. The molecule has 0 radical (unpaired) electrons. The third kappa shape index (κ3) is 19.9. The van der Waals surface area contributed by atoms with Gasteiger partial charge in [-0.05, 0) is 51.9 Å². The first-order chi connectivity index (χ1) is 14.1. The van der Waals surface area contributed by atoms with Gasteiger partial charge in [0.2, 0.25) is 5.91 Å². The number of amides is 1. The molecule has 29 heavy (non-hydrogen) atoms. The van der Waals surface area contributed by atoms with Gasteiger partial charge in [0.05, 0.1) is 0 Å². The first-order valence-electron chi connectivity index (χ1n) is 10.5. The van der Waals surface area contributed by atoms with Crippen LogP contribution in [0, 0.1) is 0 Å². The fourth-order valence-corrected chi connectivity index (χ4v) is 2.23. The minimum Gasteiger partial charge on any atom is -0.480 e. The van der Waals surface area contributed by atoms with Gasteiger partial charge < -0.3 is 10.4 Å². The fourth-order valence-electron chi connectivity index (χ4n) is 2.23. The molecule has 0 fully saturated rings. The van der Waals surface area contributed by atoms with Crippen LogP contribution in [-0.2, 0) is 9.59 Å². The average Bonchev–Trinajstić information content (AvgIpc) is 2.69. The average molecular weight is 400 g/mol. The predicted molar refractivity (Wildman–Crippen MR) is 123 cm³/mol. The molecule has 160 valence electrons. The maximum Gasteiger partial charge on any atom is 0.325 e. The number of carboxylic acids is 1. The molecular formula is C25H37NO3. The van der Waals surface area contributed by atoms with E-state index in [1.165, 1.54) is 6.92 Å². The van der Waals surface area contributed by atoms with Crippen molar-refractivity contribution in [3.05, 3.63) is 72.9 Å². The van der Waals surface area contributed by atoms with E-state index in [2.05, 4.69) is 73.0 Å². The van der Waals surface area contributed by atoms with E-state index in [1.807, 2.05) is 12.2 Å². The van der Waals surface area contributed by atoms with E-state index in [0.29, 0.717) is 12.8 Å². The summed E-state index contributed by atoms with van der Waals surface area (Å²) in [6.07, 6.45) is 32.4. The van der Waals surface area contributed by atoms with Crippen molar-refractivity contribution in [3.8, 4) is 0 Å². The number of rotatable bonds is 16. The van der Waals surface area contributed by atoms with Gasteiger partial charge in [0.15, 0.2) is 0 Å². The van der Waals surface area contributed by atoms with Crippen LogP contribution in [-0.4, -0.2) is 23.0 Å². The number of carboxylic acid groups (broad SMARTS) is 1. The van der Waals surface area contributed by atoms with Gasteiger partial charge in [-0.3, -0.25) is 9.59 Å². The molecule has 0 saturated carbocycles. The summed E-state index contributed by atoms with van der Waals surface area (Å²) in [6, 6.07) is -0.840. The normalized spacial score (nSPS) is 13.7. The van der Waals surface area contributed by atoms with Crippen molar-refractivity contribution in [1.82, 2.24) is 5.32 Å². The number of carbonyl (C=O) groups is 2. The molecule has 0 aromatic heterocycles. The van der Waals surface area contributed by atoms with E-state index in [0.717, 1.165) is 38.5 Å². The third-order valence-corrected chi connectivity index (χ3v) is 3.88. The summed E-state index contributed by atoms with van der Waals surface area (Å²) in [4.78, 5) is 22.1. The zero-order valence-electron chi connectivity index (χ0n) is 17.9. The Morgan fingerprint density at radius 2 is 1.10 bits per heavy atom. The van der Waals surface area contributed by atoms with Crippen molar-refractivity contribution >= 4 is 11.9 Å². The number of aliphatic carboxylic acids is 1. The number of nitrogens with one attached hydrogen (secondary N) is 1. The molecule has 0 rings (SSSR count). The van der Waals surface area contributed by atoms with Crippen LogP contribution in [0.15, 0.2) is 72.9 Å². The number of hydrogen-bond acceptors (Lipinski definition) is 2. The standard InChI is InChI=1S/C25H37NO3/c1-3-4-5-6-7-8-9-10-11-12-13-14-15-16-17-18-19-20-21-22-24(27)26-23(2)25(28)29/h4-5,7-8,10-11,13-14,16-17,19-20,23H,3,6,9,12,15,18,21-22H2,1-2H3,(H,26,27)(H,28,29)/b5-4-,8-7-,11-10-,14-13-,17-16-,20-19-/t23-/m0/s1. The topological polar surface area (TPSA) is 66.4 Å². The minimum atomic E-state index is -1.02. The highest BCUT2D eigenvalue weighted by Crippen LogP contribution is 1.98. The Morgan fingerprint density at radius 1 is 0.724 bits per heavy atom. The highest BCUT2D eigenvalue weighted by atomic mass is 16.4. The molecule has 4 nitrogen and oxygen atoms in total. The number of hydrogen-bond donors (Lipinski definition) is 2. The van der Waals surface area contributed by atoms with E-state index in [9.17, 15) is 9.59 Å². The maximum atomic E-state index is 11.5. The van der Waals surface area contributed by atoms with Crippen molar-refractivity contribution < 1.29 is 14.7 Å². The highest BCUT2D eigenvalue weighted by Gasteiger charge is 2.12. The molecule has 0 aromatic carbocycles. The van der Waals surface area contributed by atoms with Gasteiger partial charge in [-0.15, -0.1) is 0 Å². The second-order valence-corrected chi connectivity index (χ2v) is 6.58. The van der Waals surface area contributed by atoms with Crippen molar-refractivity contribution in [3.63, 3.8) is 0 Å². The zero-order chi connectivity index (χ0) is 21.6. The summed E-state index contributed by atoms with van der Waals surface area (Å²) in [5, 5.41) is 11.2. The van der Waals surface area contributed by atoms with Crippen LogP contribution in [0.1, 0.15) is 65.2 Å². The molecular weight excluding hydrogens is 362 g/mol. The van der Waals surface area contributed by atoms with Gasteiger partial charge in [0.25, 0.3) is 0 Å². The van der Waals surface area contributed by atoms with Crippen LogP contribution in [0.5, 0.6) is 0 Å². The Balaban J connectivity index is 3.64. The lowest BCUT2D eigenvalue weighted by Crippen LogP contribution is -2.38. The van der Waals surface area contributed by atoms with Crippen LogP contribution >= 0.6 is 0 Å². The summed E-state index contributed by atoms with van der Waals surface area (Å²) < 4.78 is 0. The Bertz CT molecular complexity index is 610. The van der Waals surface area contributed by atoms with Gasteiger partial charge in [-0.25, -0.2) is 0 Å². The van der Waals surface area contributed by atoms with Gasteiger partial charge in [0, 0.05) is 6.42 Å². The molecule has 0 aliphatic rings. The molecule has 4 heteroatoms. The molecule has 1 atom stereocenters. The lowest BCUT2D eigenvalue weighted by Gasteiger charge is -2.07. The van der Waals surface area contributed by atoms with Gasteiger partial charge in [-0.1, -0.05) is 79.8 Å². The smallest absolute Gasteiger partial charge is 0.325 e. The Kier molecular flexibility index (Phi) is 18.3. The molecule has 1 amide bonds. The van der Waals surface area contributed by atoms with Crippen molar-refractivity contribution in [2.75, 3.05) is 0 Å². The van der Waals surface area contributed by atoms with Crippen molar-refractivity contribution in [2.24, 2.45) is 0 Å². The first kappa shape index (κ1) is 26.4. The lowest BCUT2D eigenvalue weighted by atomic mass is 10.2. The molecule has 0 bridgehead atoms. The molecule has 0 aliphatic carbocycles. The van der Waals surface area contributed by atoms with Crippen LogP contribution in [0.4, 0.5) is 0 Å². The monoisotopic (exact) mass is 399 g/mol. The molecule has 0 aromatic rings. The largest absolute Gasteiger partial charge is 0.480 e. The summed E-state index contributed by atoms with van der Waals surface area (Å²) in [5.74, 6) is -1.26. The molecule has 0 heterocycles. The van der Waals surface area contributed by atoms with Crippen LogP contribution in [0.25, 0.3) is 0 Å². The summed E-state index contributed by atoms with van der Waals surface area (Å²) in [6.45, 7) is 3.60. The fraction of sp³-hybridized carbons (Fsp3) is 0.440. The van der Waals surface area contributed by atoms with Gasteiger partial charge in [-0.2, -0.15) is 0 Å². The molecule has 2 N–H and O–H groups in total. The van der Waals surface area contributed by atoms with Crippen molar-refractivity contribution in [2.45, 2.75) is 71.3 Å². The number of carbonyl (C=O) groups excluding carboxylic acids is 1. The minimum absolute atomic E-state index is 0.237. The van der Waals surface area contributed by atoms with Gasteiger partial charge in [0.1, 0.15) is 6.04 Å². The second-order valence-electron chi connectivity index (χ2n) is 6.58. The predicted octanol–water partition coefficient (Wildman–Crippen LogP) is 6.05. The Morgan fingerprint density at radius 3 is 1.48 bits per heavy atom. The summed E-state index contributed by atoms with van der Waals surface area (Å²) in [7, 11) is 0. The zero-order valence-corrected chi connectivity index (χ0v) is 17.9. The lowest BCUT2D eigenvalue weighted by molar-refractivity contribution is -0.141. The number of allylic oxidation sites excluding steroid dienone is 12. The quantitative estimate of drug-likeness (QED) is 0.310. The van der Waals surface area contributed by atoms with Crippen molar-refractivity contribution in [1.29, 1.82) is 0 Å². The van der Waals surface area contributed by atoms with Gasteiger partial charge >= 0.3 is 5.97 Å². The van der Waals surface area contributed by atoms with E-state index >= 15 is 0 Å². The molecule has 0 saturated heterocycles. The van der Waals surface area contributed by atoms with E-state index in [4.69, 9.17) is 5.11 Å². The van der Waals surface area contributed by atoms with E-state index < -0.39 is 12.0 Å². The highest BCUT2D eigenvalue weighted by molar-refractivity contribution is 5.83. The Labute approximate surface area is 176 Å². The summed E-state index contributed by atoms with van der Waals surface area (Å²) >= 11 is 0. The summed E-state index contributed by atoms with van der Waals surface area (Å²) in [5.41, 5.74) is 0. The molecule has 0 aliphatic heterocycles.